The predicted molar refractivity (Wildman–Crippen MR) is 107 cm³/mol. The molecule has 2 aliphatic carbocycles. The number of thioether (sulfide) groups is 1. The van der Waals surface area contributed by atoms with Crippen molar-refractivity contribution in [3.8, 4) is 0 Å². The minimum atomic E-state index is 0.00653. The number of allylic oxidation sites excluding steroid dienone is 1. The van der Waals surface area contributed by atoms with E-state index >= 15 is 0 Å². The number of nitrogens with one attached hydrogen (secondary N) is 1. The van der Waals surface area contributed by atoms with Gasteiger partial charge in [0, 0.05) is 17.5 Å². The highest BCUT2D eigenvalue weighted by Crippen LogP contribution is 2.36. The van der Waals surface area contributed by atoms with Crippen molar-refractivity contribution >= 4 is 39.2 Å². The Bertz CT molecular complexity index is 927. The summed E-state index contributed by atoms with van der Waals surface area (Å²) in [6.07, 6.45) is 6.96. The smallest absolute Gasteiger partial charge is 0.263 e. The van der Waals surface area contributed by atoms with Crippen LogP contribution in [-0.2, 0) is 24.2 Å². The Balaban J connectivity index is 1.69. The molecule has 1 unspecified atom stereocenters. The van der Waals surface area contributed by atoms with Gasteiger partial charge < -0.3 is 5.32 Å². The van der Waals surface area contributed by atoms with Crippen LogP contribution in [0.4, 0.5) is 0 Å². The summed E-state index contributed by atoms with van der Waals surface area (Å²) in [5.74, 6) is 0.954. The molecule has 1 saturated carbocycles. The molecule has 138 valence electrons. The van der Waals surface area contributed by atoms with Gasteiger partial charge >= 0.3 is 0 Å². The molecular formula is C19H23N3O2S2. The maximum absolute atomic E-state index is 13.2. The molecular weight excluding hydrogens is 366 g/mol. The molecule has 1 amide bonds. The molecule has 1 atom stereocenters. The Morgan fingerprint density at radius 1 is 1.46 bits per heavy atom. The summed E-state index contributed by atoms with van der Waals surface area (Å²) in [6, 6.07) is 0.347. The van der Waals surface area contributed by atoms with Crippen LogP contribution in [0, 0.1) is 5.92 Å². The van der Waals surface area contributed by atoms with Crippen molar-refractivity contribution in [3.63, 3.8) is 0 Å². The second kappa shape index (κ2) is 7.19. The number of aromatic nitrogens is 2. The lowest BCUT2D eigenvalue weighted by Crippen LogP contribution is -2.28. The SMILES string of the molecule is C=CCn1c(SCC(=O)NC2CC2)nc2sc3c(c2c1=O)CCC(C)C3. The van der Waals surface area contributed by atoms with Gasteiger partial charge in [0.25, 0.3) is 5.56 Å². The quantitative estimate of drug-likeness (QED) is 0.468. The number of aryl methyl sites for hydroxylation is 1. The van der Waals surface area contributed by atoms with E-state index in [-0.39, 0.29) is 17.2 Å². The first-order valence-electron chi connectivity index (χ1n) is 9.15. The molecule has 1 fully saturated rings. The largest absolute Gasteiger partial charge is 0.353 e. The maximum Gasteiger partial charge on any atom is 0.263 e. The fraction of sp³-hybridized carbons (Fsp3) is 0.526. The van der Waals surface area contributed by atoms with Crippen molar-refractivity contribution < 1.29 is 4.79 Å². The van der Waals surface area contributed by atoms with Gasteiger partial charge in [0.05, 0.1) is 11.1 Å². The topological polar surface area (TPSA) is 64.0 Å². The second-order valence-corrected chi connectivity index (χ2v) is 9.29. The van der Waals surface area contributed by atoms with Gasteiger partial charge in [0.1, 0.15) is 4.83 Å². The highest BCUT2D eigenvalue weighted by Gasteiger charge is 2.26. The third-order valence-corrected chi connectivity index (χ3v) is 7.09. The third kappa shape index (κ3) is 3.47. The van der Waals surface area contributed by atoms with Crippen molar-refractivity contribution in [1.29, 1.82) is 0 Å². The van der Waals surface area contributed by atoms with Gasteiger partial charge in [-0.15, -0.1) is 17.9 Å². The molecule has 4 rings (SSSR count). The van der Waals surface area contributed by atoms with Crippen LogP contribution in [0.5, 0.6) is 0 Å². The van der Waals surface area contributed by atoms with E-state index < -0.39 is 0 Å². The van der Waals surface area contributed by atoms with Gasteiger partial charge in [-0.2, -0.15) is 0 Å². The number of fused-ring (bicyclic) bond motifs is 3. The first kappa shape index (κ1) is 17.8. The molecule has 2 aliphatic rings. The zero-order valence-corrected chi connectivity index (χ0v) is 16.5. The number of nitrogens with zero attached hydrogens (tertiary/aromatic N) is 2. The Kier molecular flexibility index (Phi) is 4.92. The minimum absolute atomic E-state index is 0.00653. The lowest BCUT2D eigenvalue weighted by molar-refractivity contribution is -0.118. The zero-order valence-electron chi connectivity index (χ0n) is 14.9. The molecule has 0 spiro atoms. The van der Waals surface area contributed by atoms with Gasteiger partial charge in [-0.25, -0.2) is 4.98 Å². The van der Waals surface area contributed by atoms with Crippen LogP contribution in [0.1, 0.15) is 36.6 Å². The summed E-state index contributed by atoms with van der Waals surface area (Å²) < 4.78 is 1.66. The molecule has 26 heavy (non-hydrogen) atoms. The summed E-state index contributed by atoms with van der Waals surface area (Å²) in [7, 11) is 0. The normalized spacial score (nSPS) is 19.3. The van der Waals surface area contributed by atoms with Crippen LogP contribution < -0.4 is 10.9 Å². The van der Waals surface area contributed by atoms with E-state index in [0.717, 1.165) is 42.3 Å². The summed E-state index contributed by atoms with van der Waals surface area (Å²) in [5.41, 5.74) is 1.20. The number of carbonyl (C=O) groups is 1. The lowest BCUT2D eigenvalue weighted by atomic mass is 9.89. The molecule has 2 aromatic rings. The Hall–Kier alpha value is -1.60. The fourth-order valence-electron chi connectivity index (χ4n) is 3.43. The number of rotatable bonds is 6. The Morgan fingerprint density at radius 3 is 3.00 bits per heavy atom. The van der Waals surface area contributed by atoms with Crippen LogP contribution in [0.15, 0.2) is 22.6 Å². The van der Waals surface area contributed by atoms with Gasteiger partial charge in [-0.05, 0) is 43.6 Å². The van der Waals surface area contributed by atoms with E-state index in [1.165, 1.54) is 22.2 Å². The molecule has 0 saturated heterocycles. The van der Waals surface area contributed by atoms with Crippen molar-refractivity contribution in [2.45, 2.75) is 56.8 Å². The molecule has 0 aromatic carbocycles. The van der Waals surface area contributed by atoms with E-state index in [0.29, 0.717) is 23.7 Å². The number of hydrogen-bond donors (Lipinski definition) is 1. The molecule has 0 aliphatic heterocycles. The fourth-order valence-corrected chi connectivity index (χ4v) is 5.68. The molecule has 2 aromatic heterocycles. The number of amides is 1. The van der Waals surface area contributed by atoms with E-state index in [2.05, 4.69) is 18.8 Å². The predicted octanol–water partition coefficient (Wildman–Crippen LogP) is 3.14. The van der Waals surface area contributed by atoms with E-state index in [4.69, 9.17) is 4.98 Å². The van der Waals surface area contributed by atoms with E-state index in [1.54, 1.807) is 22.0 Å². The van der Waals surface area contributed by atoms with Crippen molar-refractivity contribution in [3.05, 3.63) is 33.4 Å². The van der Waals surface area contributed by atoms with Crippen molar-refractivity contribution in [2.24, 2.45) is 5.92 Å². The number of thiophene rings is 1. The summed E-state index contributed by atoms with van der Waals surface area (Å²) in [6.45, 7) is 6.45. The van der Waals surface area contributed by atoms with Gasteiger partial charge in [-0.1, -0.05) is 24.8 Å². The van der Waals surface area contributed by atoms with Crippen LogP contribution in [0.25, 0.3) is 10.2 Å². The summed E-state index contributed by atoms with van der Waals surface area (Å²) >= 11 is 2.99. The second-order valence-electron chi connectivity index (χ2n) is 7.26. The molecule has 7 heteroatoms. The third-order valence-electron chi connectivity index (χ3n) is 4.97. The van der Waals surface area contributed by atoms with Crippen LogP contribution in [-0.4, -0.2) is 27.3 Å². The Morgan fingerprint density at radius 2 is 2.27 bits per heavy atom. The Labute approximate surface area is 160 Å². The first-order valence-corrected chi connectivity index (χ1v) is 10.9. The van der Waals surface area contributed by atoms with Crippen LogP contribution in [0.2, 0.25) is 0 Å². The monoisotopic (exact) mass is 389 g/mol. The maximum atomic E-state index is 13.2. The molecule has 5 nitrogen and oxygen atoms in total. The average molecular weight is 390 g/mol. The highest BCUT2D eigenvalue weighted by molar-refractivity contribution is 7.99. The van der Waals surface area contributed by atoms with Crippen LogP contribution >= 0.6 is 23.1 Å². The van der Waals surface area contributed by atoms with E-state index in [9.17, 15) is 9.59 Å². The molecule has 0 bridgehead atoms. The highest BCUT2D eigenvalue weighted by atomic mass is 32.2. The first-order chi connectivity index (χ1) is 12.6. The van der Waals surface area contributed by atoms with Crippen molar-refractivity contribution in [2.75, 3.05) is 5.75 Å². The summed E-state index contributed by atoms with van der Waals surface area (Å²) in [4.78, 5) is 32.1. The van der Waals surface area contributed by atoms with Gasteiger partial charge in [0.15, 0.2) is 5.16 Å². The van der Waals surface area contributed by atoms with Crippen LogP contribution in [0.3, 0.4) is 0 Å². The summed E-state index contributed by atoms with van der Waals surface area (Å²) in [5, 5.41) is 4.37. The van der Waals surface area contributed by atoms with Crippen molar-refractivity contribution in [1.82, 2.24) is 14.9 Å². The minimum Gasteiger partial charge on any atom is -0.353 e. The molecule has 1 N–H and O–H groups in total. The molecule has 2 heterocycles. The standard InChI is InChI=1S/C19H23N3O2S2/c1-3-8-22-18(24)16-13-7-4-11(2)9-14(13)26-17(16)21-19(22)25-10-15(23)20-12-5-6-12/h3,11-12H,1,4-10H2,2H3,(H,20,23). The van der Waals surface area contributed by atoms with Gasteiger partial charge in [-0.3, -0.25) is 14.2 Å². The zero-order chi connectivity index (χ0) is 18.3. The lowest BCUT2D eigenvalue weighted by Gasteiger charge is -2.17. The number of hydrogen-bond acceptors (Lipinski definition) is 5. The van der Waals surface area contributed by atoms with Gasteiger partial charge in [0.2, 0.25) is 5.91 Å². The average Bonchev–Trinajstić information content (AvgIpc) is 3.34. The molecule has 0 radical (unpaired) electrons. The van der Waals surface area contributed by atoms with E-state index in [1.807, 2.05) is 0 Å². The number of carbonyl (C=O) groups excluding carboxylic acids is 1.